The van der Waals surface area contributed by atoms with Crippen LogP contribution in [0.1, 0.15) is 18.3 Å². The van der Waals surface area contributed by atoms with Crippen molar-refractivity contribution in [3.8, 4) is 0 Å². The minimum Gasteiger partial charge on any atom is -0.375 e. The van der Waals surface area contributed by atoms with Crippen LogP contribution in [0.25, 0.3) is 4.96 Å². The minimum atomic E-state index is 0.983. The van der Waals surface area contributed by atoms with E-state index >= 15 is 0 Å². The summed E-state index contributed by atoms with van der Waals surface area (Å²) in [4.78, 5) is 5.69. The van der Waals surface area contributed by atoms with Crippen molar-refractivity contribution in [1.82, 2.24) is 9.38 Å². The molecule has 0 saturated heterocycles. The third-order valence-electron chi connectivity index (χ3n) is 2.56. The molecule has 14 heavy (non-hydrogen) atoms. The number of imidazole rings is 1. The molecule has 0 radical (unpaired) electrons. The van der Waals surface area contributed by atoms with Crippen molar-refractivity contribution in [2.45, 2.75) is 19.8 Å². The maximum atomic E-state index is 4.59. The quantitative estimate of drug-likeness (QED) is 0.864. The summed E-state index contributed by atoms with van der Waals surface area (Å²) in [5, 5.41) is 4.67. The van der Waals surface area contributed by atoms with Gasteiger partial charge >= 0.3 is 0 Å². The second-order valence-electron chi connectivity index (χ2n) is 3.38. The first kappa shape index (κ1) is 8.73. The first-order chi connectivity index (χ1) is 6.81. The van der Waals surface area contributed by atoms with E-state index in [1.54, 1.807) is 11.3 Å². The van der Waals surface area contributed by atoms with Crippen molar-refractivity contribution in [3.05, 3.63) is 16.0 Å². The van der Waals surface area contributed by atoms with Gasteiger partial charge in [0.25, 0.3) is 0 Å². The molecule has 0 amide bonds. The molecule has 0 atom stereocenters. The summed E-state index contributed by atoms with van der Waals surface area (Å²) in [7, 11) is 0. The predicted octanol–water partition coefficient (Wildman–Crippen LogP) is 2.69. The molecule has 0 aliphatic carbocycles. The monoisotopic (exact) mass is 271 g/mol. The number of nitrogens with zero attached hydrogens (tertiary/aromatic N) is 2. The lowest BCUT2D eigenvalue weighted by atomic mass is 10.3. The summed E-state index contributed by atoms with van der Waals surface area (Å²) >= 11 is 5.37. The summed E-state index contributed by atoms with van der Waals surface area (Å²) in [6.45, 7) is 3.19. The molecule has 0 unspecified atom stereocenters. The van der Waals surface area contributed by atoms with Gasteiger partial charge in [0.05, 0.1) is 11.4 Å². The molecule has 5 heteroatoms. The van der Waals surface area contributed by atoms with Gasteiger partial charge in [-0.25, -0.2) is 4.98 Å². The van der Waals surface area contributed by atoms with Gasteiger partial charge in [-0.2, -0.15) is 0 Å². The molecule has 3 rings (SSSR count). The molecule has 0 aromatic carbocycles. The van der Waals surface area contributed by atoms with Crippen LogP contribution in [-0.2, 0) is 12.8 Å². The van der Waals surface area contributed by atoms with E-state index < -0.39 is 0 Å². The number of thiazole rings is 1. The Hall–Kier alpha value is -0.550. The van der Waals surface area contributed by atoms with Gasteiger partial charge < -0.3 is 5.32 Å². The zero-order valence-electron chi connectivity index (χ0n) is 7.80. The van der Waals surface area contributed by atoms with Gasteiger partial charge in [-0.15, -0.1) is 0 Å². The van der Waals surface area contributed by atoms with Crippen molar-refractivity contribution in [2.24, 2.45) is 0 Å². The van der Waals surface area contributed by atoms with Crippen LogP contribution in [0.2, 0.25) is 0 Å². The van der Waals surface area contributed by atoms with E-state index in [9.17, 15) is 0 Å². The Labute approximate surface area is 94.3 Å². The van der Waals surface area contributed by atoms with E-state index in [1.807, 2.05) is 0 Å². The van der Waals surface area contributed by atoms with E-state index in [2.05, 4.69) is 37.6 Å². The van der Waals surface area contributed by atoms with Gasteiger partial charge in [0.2, 0.25) is 0 Å². The lowest BCUT2D eigenvalue weighted by molar-refractivity contribution is 0.980. The van der Waals surface area contributed by atoms with Gasteiger partial charge in [0.15, 0.2) is 4.96 Å². The number of anilines is 1. The van der Waals surface area contributed by atoms with Crippen LogP contribution in [0.3, 0.4) is 0 Å². The SMILES string of the molecule is CCc1nc2sc3c(n2c1Br)CCN3. The van der Waals surface area contributed by atoms with Crippen molar-refractivity contribution in [3.63, 3.8) is 0 Å². The smallest absolute Gasteiger partial charge is 0.197 e. The van der Waals surface area contributed by atoms with E-state index in [4.69, 9.17) is 0 Å². The summed E-state index contributed by atoms with van der Waals surface area (Å²) in [5.74, 6) is 0. The number of halogens is 1. The Balaban J connectivity index is 2.34. The number of fused-ring (bicyclic) bond motifs is 3. The molecule has 0 spiro atoms. The second kappa shape index (κ2) is 2.97. The predicted molar refractivity (Wildman–Crippen MR) is 62.3 cm³/mol. The van der Waals surface area contributed by atoms with Crippen LogP contribution in [0.15, 0.2) is 4.60 Å². The minimum absolute atomic E-state index is 0.983. The molecular formula is C9H10BrN3S. The summed E-state index contributed by atoms with van der Waals surface area (Å²) in [6.07, 6.45) is 2.09. The number of rotatable bonds is 1. The van der Waals surface area contributed by atoms with E-state index in [0.717, 1.165) is 34.6 Å². The lowest BCUT2D eigenvalue weighted by Crippen LogP contribution is -1.93. The van der Waals surface area contributed by atoms with Gasteiger partial charge in [-0.1, -0.05) is 18.3 Å². The molecule has 0 bridgehead atoms. The van der Waals surface area contributed by atoms with Crippen molar-refractivity contribution < 1.29 is 0 Å². The number of aryl methyl sites for hydroxylation is 1. The van der Waals surface area contributed by atoms with E-state index in [-0.39, 0.29) is 0 Å². The molecule has 1 aliphatic heterocycles. The molecule has 1 N–H and O–H groups in total. The highest BCUT2D eigenvalue weighted by Gasteiger charge is 2.21. The Morgan fingerprint density at radius 1 is 1.64 bits per heavy atom. The Morgan fingerprint density at radius 2 is 2.50 bits per heavy atom. The maximum Gasteiger partial charge on any atom is 0.197 e. The molecule has 2 aromatic heterocycles. The fraction of sp³-hybridized carbons (Fsp3) is 0.444. The fourth-order valence-electron chi connectivity index (χ4n) is 1.86. The average Bonchev–Trinajstić information content (AvgIpc) is 2.76. The van der Waals surface area contributed by atoms with Crippen LogP contribution in [0.4, 0.5) is 5.00 Å². The molecule has 2 aromatic rings. The van der Waals surface area contributed by atoms with Crippen molar-refractivity contribution in [2.75, 3.05) is 11.9 Å². The molecule has 0 saturated carbocycles. The van der Waals surface area contributed by atoms with Crippen LogP contribution in [0.5, 0.6) is 0 Å². The molecular weight excluding hydrogens is 262 g/mol. The number of hydrogen-bond acceptors (Lipinski definition) is 3. The second-order valence-corrected chi connectivity index (χ2v) is 5.10. The average molecular weight is 272 g/mol. The van der Waals surface area contributed by atoms with E-state index in [0.29, 0.717) is 0 Å². The highest BCUT2D eigenvalue weighted by Crippen LogP contribution is 2.36. The van der Waals surface area contributed by atoms with Crippen LogP contribution >= 0.6 is 27.3 Å². The van der Waals surface area contributed by atoms with Crippen LogP contribution in [0, 0.1) is 0 Å². The highest BCUT2D eigenvalue weighted by molar-refractivity contribution is 9.10. The number of nitrogens with one attached hydrogen (secondary N) is 1. The highest BCUT2D eigenvalue weighted by atomic mass is 79.9. The third kappa shape index (κ3) is 0.995. The molecule has 3 nitrogen and oxygen atoms in total. The molecule has 1 aliphatic rings. The molecule has 74 valence electrons. The Bertz CT molecular complexity index is 494. The van der Waals surface area contributed by atoms with Crippen molar-refractivity contribution >= 4 is 37.2 Å². The standard InChI is InChI=1S/C9H10BrN3S/c1-2-5-7(10)13-6-3-4-11-8(6)14-9(13)12-5/h11H,2-4H2,1H3. The number of aromatic nitrogens is 2. The van der Waals surface area contributed by atoms with Gasteiger partial charge in [-0.05, 0) is 22.4 Å². The molecule has 3 heterocycles. The zero-order chi connectivity index (χ0) is 9.71. The summed E-state index contributed by atoms with van der Waals surface area (Å²) in [5.41, 5.74) is 2.54. The maximum absolute atomic E-state index is 4.59. The van der Waals surface area contributed by atoms with Crippen LogP contribution in [-0.4, -0.2) is 15.9 Å². The Morgan fingerprint density at radius 3 is 3.29 bits per heavy atom. The molecule has 0 fully saturated rings. The number of hydrogen-bond donors (Lipinski definition) is 1. The summed E-state index contributed by atoms with van der Waals surface area (Å²) < 4.78 is 3.37. The largest absolute Gasteiger partial charge is 0.375 e. The van der Waals surface area contributed by atoms with Gasteiger partial charge in [-0.3, -0.25) is 4.40 Å². The lowest BCUT2D eigenvalue weighted by Gasteiger charge is -1.94. The van der Waals surface area contributed by atoms with E-state index in [1.165, 1.54) is 10.7 Å². The Kier molecular flexibility index (Phi) is 1.85. The van der Waals surface area contributed by atoms with Crippen molar-refractivity contribution in [1.29, 1.82) is 0 Å². The van der Waals surface area contributed by atoms with Gasteiger partial charge in [0.1, 0.15) is 9.60 Å². The first-order valence-corrected chi connectivity index (χ1v) is 6.34. The summed E-state index contributed by atoms with van der Waals surface area (Å²) in [6, 6.07) is 0. The fourth-order valence-corrected chi connectivity index (χ4v) is 3.85. The zero-order valence-corrected chi connectivity index (χ0v) is 10.2. The van der Waals surface area contributed by atoms with Gasteiger partial charge in [0, 0.05) is 13.0 Å². The first-order valence-electron chi connectivity index (χ1n) is 4.73. The normalized spacial score (nSPS) is 14.7. The topological polar surface area (TPSA) is 29.3 Å². The van der Waals surface area contributed by atoms with Crippen LogP contribution < -0.4 is 5.32 Å². The third-order valence-corrected chi connectivity index (χ3v) is 4.42.